The fraction of sp³-hybridized carbons (Fsp3) is 0.833. The van der Waals surface area contributed by atoms with Gasteiger partial charge in [0.1, 0.15) is 0 Å². The second-order valence-electron chi connectivity index (χ2n) is 4.32. The monoisotopic (exact) mass is 286 g/mol. The van der Waals surface area contributed by atoms with Gasteiger partial charge in [-0.25, -0.2) is 0 Å². The lowest BCUT2D eigenvalue weighted by atomic mass is 10.4. The van der Waals surface area contributed by atoms with Gasteiger partial charge in [0.05, 0.1) is 13.2 Å². The molecule has 7 heteroatoms. The van der Waals surface area contributed by atoms with Crippen molar-refractivity contribution < 1.29 is 9.47 Å². The molecule has 6 nitrogen and oxygen atoms in total. The lowest BCUT2D eigenvalue weighted by Gasteiger charge is -2.27. The number of nitrogens with zero attached hydrogens (tertiary/aromatic N) is 4. The second-order valence-corrected chi connectivity index (χ2v) is 5.38. The summed E-state index contributed by atoms with van der Waals surface area (Å²) >= 11 is 1.75. The van der Waals surface area contributed by atoms with E-state index in [9.17, 15) is 0 Å². The third kappa shape index (κ3) is 3.84. The molecule has 0 N–H and O–H groups in total. The van der Waals surface area contributed by atoms with Gasteiger partial charge in [0.25, 0.3) is 0 Å². The first-order valence-corrected chi connectivity index (χ1v) is 7.73. The molecule has 1 saturated heterocycles. The fourth-order valence-corrected chi connectivity index (χ4v) is 2.94. The molecule has 0 spiro atoms. The molecule has 0 amide bonds. The van der Waals surface area contributed by atoms with Gasteiger partial charge in [-0.3, -0.25) is 4.57 Å². The van der Waals surface area contributed by atoms with Crippen molar-refractivity contribution in [1.82, 2.24) is 14.8 Å². The van der Waals surface area contributed by atoms with Crippen LogP contribution < -0.4 is 4.90 Å². The van der Waals surface area contributed by atoms with E-state index < -0.39 is 0 Å². The van der Waals surface area contributed by atoms with Crippen LogP contribution in [-0.2, 0) is 16.0 Å². The van der Waals surface area contributed by atoms with E-state index in [2.05, 4.69) is 26.6 Å². The second kappa shape index (κ2) is 7.72. The van der Waals surface area contributed by atoms with Crippen LogP contribution in [0.2, 0.25) is 0 Å². The molecule has 1 aliphatic heterocycles. The molecule has 19 heavy (non-hydrogen) atoms. The first-order valence-electron chi connectivity index (χ1n) is 6.74. The van der Waals surface area contributed by atoms with Gasteiger partial charge in [-0.2, -0.15) is 0 Å². The van der Waals surface area contributed by atoms with E-state index in [4.69, 9.17) is 9.47 Å². The SMILES string of the molecule is CCn1c(SCCCOC)nnc1N1CCOCC1. The van der Waals surface area contributed by atoms with E-state index in [-0.39, 0.29) is 0 Å². The van der Waals surface area contributed by atoms with Gasteiger partial charge in [0.2, 0.25) is 5.95 Å². The minimum Gasteiger partial charge on any atom is -0.385 e. The number of ether oxygens (including phenoxy) is 2. The number of morpholine rings is 1. The van der Waals surface area contributed by atoms with Gasteiger partial charge in [-0.1, -0.05) is 11.8 Å². The lowest BCUT2D eigenvalue weighted by Crippen LogP contribution is -2.38. The van der Waals surface area contributed by atoms with Crippen molar-refractivity contribution in [2.45, 2.75) is 25.0 Å². The maximum absolute atomic E-state index is 5.38. The highest BCUT2D eigenvalue weighted by atomic mass is 32.2. The van der Waals surface area contributed by atoms with Gasteiger partial charge in [-0.15, -0.1) is 10.2 Å². The number of thioether (sulfide) groups is 1. The molecule has 0 aromatic carbocycles. The highest BCUT2D eigenvalue weighted by Gasteiger charge is 2.19. The molecule has 1 aliphatic rings. The van der Waals surface area contributed by atoms with Crippen LogP contribution in [0.15, 0.2) is 5.16 Å². The van der Waals surface area contributed by atoms with Crippen molar-refractivity contribution in [2.75, 3.05) is 50.7 Å². The van der Waals surface area contributed by atoms with Crippen molar-refractivity contribution in [3.63, 3.8) is 0 Å². The number of anilines is 1. The zero-order valence-electron chi connectivity index (χ0n) is 11.7. The molecule has 108 valence electrons. The molecule has 2 rings (SSSR count). The maximum atomic E-state index is 5.38. The van der Waals surface area contributed by atoms with E-state index in [1.165, 1.54) is 0 Å². The van der Waals surface area contributed by atoms with Gasteiger partial charge in [-0.05, 0) is 13.3 Å². The molecule has 0 saturated carbocycles. The Morgan fingerprint density at radius 1 is 1.32 bits per heavy atom. The number of hydrogen-bond donors (Lipinski definition) is 0. The zero-order valence-corrected chi connectivity index (χ0v) is 12.5. The summed E-state index contributed by atoms with van der Waals surface area (Å²) in [6, 6.07) is 0. The number of rotatable bonds is 7. The van der Waals surface area contributed by atoms with Crippen molar-refractivity contribution >= 4 is 17.7 Å². The minimum absolute atomic E-state index is 0.771. The van der Waals surface area contributed by atoms with Crippen LogP contribution in [-0.4, -0.2) is 60.5 Å². The molecule has 2 heterocycles. The van der Waals surface area contributed by atoms with Crippen molar-refractivity contribution in [3.05, 3.63) is 0 Å². The summed E-state index contributed by atoms with van der Waals surface area (Å²) in [7, 11) is 1.73. The van der Waals surface area contributed by atoms with E-state index in [0.717, 1.165) is 62.7 Å². The summed E-state index contributed by atoms with van der Waals surface area (Å²) in [6.07, 6.45) is 1.03. The number of methoxy groups -OCH3 is 1. The van der Waals surface area contributed by atoms with Crippen LogP contribution in [0.1, 0.15) is 13.3 Å². The smallest absolute Gasteiger partial charge is 0.228 e. The first kappa shape index (κ1) is 14.6. The number of hydrogen-bond acceptors (Lipinski definition) is 6. The normalized spacial score (nSPS) is 16.0. The Bertz CT molecular complexity index is 380. The van der Waals surface area contributed by atoms with Gasteiger partial charge in [0.15, 0.2) is 5.16 Å². The van der Waals surface area contributed by atoms with E-state index in [1.54, 1.807) is 18.9 Å². The third-order valence-corrected chi connectivity index (χ3v) is 4.08. The largest absolute Gasteiger partial charge is 0.385 e. The van der Waals surface area contributed by atoms with Crippen LogP contribution >= 0.6 is 11.8 Å². The standard InChI is InChI=1S/C12H22N4O2S/c1-3-16-11(15-5-8-18-9-6-15)13-14-12(16)19-10-4-7-17-2/h3-10H2,1-2H3. The summed E-state index contributed by atoms with van der Waals surface area (Å²) in [6.45, 7) is 7.15. The molecule has 0 radical (unpaired) electrons. The highest BCUT2D eigenvalue weighted by Crippen LogP contribution is 2.22. The summed E-state index contributed by atoms with van der Waals surface area (Å²) in [5, 5.41) is 9.65. The number of aromatic nitrogens is 3. The van der Waals surface area contributed by atoms with Crippen molar-refractivity contribution in [3.8, 4) is 0 Å². The zero-order chi connectivity index (χ0) is 13.5. The summed E-state index contributed by atoms with van der Waals surface area (Å²) in [5.41, 5.74) is 0. The molecule has 1 fully saturated rings. The Kier molecular flexibility index (Phi) is 5.93. The fourth-order valence-electron chi connectivity index (χ4n) is 2.03. The molecule has 1 aromatic rings. The summed E-state index contributed by atoms with van der Waals surface area (Å²) in [4.78, 5) is 2.25. The third-order valence-electron chi connectivity index (χ3n) is 3.03. The molecule has 0 atom stereocenters. The Morgan fingerprint density at radius 3 is 2.79 bits per heavy atom. The topological polar surface area (TPSA) is 52.4 Å². The Labute approximate surface area is 118 Å². The van der Waals surface area contributed by atoms with E-state index >= 15 is 0 Å². The first-order chi connectivity index (χ1) is 9.36. The Morgan fingerprint density at radius 2 is 2.11 bits per heavy atom. The van der Waals surface area contributed by atoms with Crippen LogP contribution in [0.25, 0.3) is 0 Å². The summed E-state index contributed by atoms with van der Waals surface area (Å²) in [5.74, 6) is 1.98. The Balaban J connectivity index is 1.98. The van der Waals surface area contributed by atoms with Gasteiger partial charge in [0, 0.05) is 39.1 Å². The molecule has 1 aromatic heterocycles. The molecular formula is C12H22N4O2S. The van der Waals surface area contributed by atoms with E-state index in [0.29, 0.717) is 0 Å². The van der Waals surface area contributed by atoms with E-state index in [1.807, 2.05) is 0 Å². The predicted octanol–water partition coefficient (Wildman–Crippen LogP) is 1.26. The predicted molar refractivity (Wildman–Crippen MR) is 75.9 cm³/mol. The molecule has 0 bridgehead atoms. The minimum atomic E-state index is 0.771. The van der Waals surface area contributed by atoms with Gasteiger partial charge < -0.3 is 14.4 Å². The highest BCUT2D eigenvalue weighted by molar-refractivity contribution is 7.99. The summed E-state index contributed by atoms with van der Waals surface area (Å²) < 4.78 is 12.6. The lowest BCUT2D eigenvalue weighted by molar-refractivity contribution is 0.121. The van der Waals surface area contributed by atoms with Crippen LogP contribution in [0, 0.1) is 0 Å². The molecule has 0 aliphatic carbocycles. The average Bonchev–Trinajstić information content (AvgIpc) is 2.87. The molecule has 0 unspecified atom stereocenters. The van der Waals surface area contributed by atoms with Gasteiger partial charge >= 0.3 is 0 Å². The Hall–Kier alpha value is -0.790. The molecular weight excluding hydrogens is 264 g/mol. The maximum Gasteiger partial charge on any atom is 0.228 e. The van der Waals surface area contributed by atoms with Crippen molar-refractivity contribution in [1.29, 1.82) is 0 Å². The quantitative estimate of drug-likeness (QED) is 0.556. The van der Waals surface area contributed by atoms with Crippen LogP contribution in [0.4, 0.5) is 5.95 Å². The average molecular weight is 286 g/mol. The van der Waals surface area contributed by atoms with Crippen molar-refractivity contribution in [2.24, 2.45) is 0 Å². The van der Waals surface area contributed by atoms with Crippen LogP contribution in [0.3, 0.4) is 0 Å². The van der Waals surface area contributed by atoms with Crippen LogP contribution in [0.5, 0.6) is 0 Å².